The molecule has 0 aliphatic rings. The highest BCUT2D eigenvalue weighted by Crippen LogP contribution is 2.27. The molecule has 0 saturated carbocycles. The molecule has 0 aliphatic heterocycles. The highest BCUT2D eigenvalue weighted by Gasteiger charge is 2.32. The number of alkyl halides is 3. The number of aromatic nitrogens is 4. The first kappa shape index (κ1) is 16.6. The summed E-state index contributed by atoms with van der Waals surface area (Å²) < 4.78 is 47.1. The topological polar surface area (TPSA) is 107 Å². The quantitative estimate of drug-likeness (QED) is 0.767. The van der Waals surface area contributed by atoms with Crippen molar-refractivity contribution in [2.75, 3.05) is 0 Å². The Morgan fingerprint density at radius 3 is 2.64 bits per heavy atom. The highest BCUT2D eigenvalue weighted by molar-refractivity contribution is 5.93. The van der Waals surface area contributed by atoms with Gasteiger partial charge in [-0.2, -0.15) is 18.2 Å². The fourth-order valence-electron chi connectivity index (χ4n) is 1.86. The molecule has 0 spiro atoms. The van der Waals surface area contributed by atoms with Gasteiger partial charge in [0, 0.05) is 12.3 Å². The van der Waals surface area contributed by atoms with Gasteiger partial charge in [0.15, 0.2) is 5.69 Å². The van der Waals surface area contributed by atoms with Gasteiger partial charge in [-0.3, -0.25) is 9.78 Å². The Morgan fingerprint density at radius 1 is 1.24 bits per heavy atom. The van der Waals surface area contributed by atoms with Crippen LogP contribution in [0.15, 0.2) is 33.4 Å². The second-order valence-corrected chi connectivity index (χ2v) is 4.95. The minimum atomic E-state index is -4.56. The van der Waals surface area contributed by atoms with Gasteiger partial charge >= 0.3 is 6.18 Å². The largest absolute Gasteiger partial charge is 0.433 e. The van der Waals surface area contributed by atoms with Crippen LogP contribution in [0.1, 0.15) is 27.7 Å². The Hall–Kier alpha value is -3.24. The van der Waals surface area contributed by atoms with Gasteiger partial charge in [-0.1, -0.05) is 10.3 Å². The summed E-state index contributed by atoms with van der Waals surface area (Å²) in [5, 5.41) is 9.86. The number of amides is 1. The Labute approximate surface area is 138 Å². The van der Waals surface area contributed by atoms with E-state index >= 15 is 0 Å². The molecule has 0 radical (unpaired) electrons. The minimum absolute atomic E-state index is 0.0279. The van der Waals surface area contributed by atoms with Crippen molar-refractivity contribution in [2.24, 2.45) is 0 Å². The predicted octanol–water partition coefficient (Wildman–Crippen LogP) is 2.38. The van der Waals surface area contributed by atoms with E-state index < -0.39 is 17.8 Å². The van der Waals surface area contributed by atoms with E-state index in [0.717, 1.165) is 18.3 Å². The zero-order valence-corrected chi connectivity index (χ0v) is 12.7. The lowest BCUT2D eigenvalue weighted by Crippen LogP contribution is -2.23. The average Bonchev–Trinajstić information content (AvgIpc) is 3.20. The van der Waals surface area contributed by atoms with Crippen LogP contribution >= 0.6 is 0 Å². The van der Waals surface area contributed by atoms with Gasteiger partial charge in [0.2, 0.25) is 11.7 Å². The number of hydrogen-bond acceptors (Lipinski definition) is 7. The van der Waals surface area contributed by atoms with Crippen molar-refractivity contribution in [1.82, 2.24) is 25.6 Å². The summed E-state index contributed by atoms with van der Waals surface area (Å²) in [5.41, 5.74) is -0.723. The van der Waals surface area contributed by atoms with Crippen LogP contribution in [0.5, 0.6) is 0 Å². The monoisotopic (exact) mass is 353 g/mol. The van der Waals surface area contributed by atoms with Crippen molar-refractivity contribution in [2.45, 2.75) is 19.6 Å². The maximum Gasteiger partial charge on any atom is 0.433 e. The van der Waals surface area contributed by atoms with Crippen LogP contribution in [0, 0.1) is 6.92 Å². The van der Waals surface area contributed by atoms with Crippen molar-refractivity contribution < 1.29 is 27.0 Å². The summed E-state index contributed by atoms with van der Waals surface area (Å²) in [7, 11) is 0. The summed E-state index contributed by atoms with van der Waals surface area (Å²) in [4.78, 5) is 19.2. The molecule has 0 unspecified atom stereocenters. The molecule has 1 amide bonds. The summed E-state index contributed by atoms with van der Waals surface area (Å²) in [5.74, 6) is 0.240. The molecular formula is C14H10F3N5O3. The number of nitrogens with zero attached hydrogens (tertiary/aromatic N) is 4. The molecule has 3 rings (SSSR count). The van der Waals surface area contributed by atoms with Crippen LogP contribution in [-0.2, 0) is 12.7 Å². The number of carbonyl (C=O) groups is 1. The van der Waals surface area contributed by atoms with Gasteiger partial charge in [0.25, 0.3) is 5.91 Å². The number of halogens is 3. The number of pyridine rings is 1. The van der Waals surface area contributed by atoms with Crippen molar-refractivity contribution in [3.63, 3.8) is 0 Å². The van der Waals surface area contributed by atoms with E-state index in [0.29, 0.717) is 11.5 Å². The first-order valence-corrected chi connectivity index (χ1v) is 6.90. The van der Waals surface area contributed by atoms with E-state index in [-0.39, 0.29) is 23.8 Å². The Balaban J connectivity index is 1.62. The lowest BCUT2D eigenvalue weighted by atomic mass is 10.2. The van der Waals surface area contributed by atoms with Crippen molar-refractivity contribution in [3.05, 3.63) is 47.3 Å². The summed E-state index contributed by atoms with van der Waals surface area (Å²) in [6, 6.07) is 3.37. The van der Waals surface area contributed by atoms with Crippen LogP contribution in [0.4, 0.5) is 13.2 Å². The Morgan fingerprint density at radius 2 is 2.04 bits per heavy atom. The lowest BCUT2D eigenvalue weighted by molar-refractivity contribution is -0.141. The standard InChI is InChI=1S/C14H10F3N5O3/c1-7-4-9(21-24-7)12-20-11(25-22-12)6-19-13(23)8-2-3-10(18-5-8)14(15,16)17/h2-5H,6H2,1H3,(H,19,23). The van der Waals surface area contributed by atoms with E-state index in [1.807, 2.05) is 0 Å². The second-order valence-electron chi connectivity index (χ2n) is 4.95. The second kappa shape index (κ2) is 6.34. The molecular weight excluding hydrogens is 343 g/mol. The van der Waals surface area contributed by atoms with Crippen LogP contribution in [-0.4, -0.2) is 26.2 Å². The van der Waals surface area contributed by atoms with E-state index in [1.54, 1.807) is 13.0 Å². The van der Waals surface area contributed by atoms with E-state index in [9.17, 15) is 18.0 Å². The number of hydrogen-bond donors (Lipinski definition) is 1. The maximum atomic E-state index is 12.4. The third-order valence-electron chi connectivity index (χ3n) is 3.04. The molecule has 25 heavy (non-hydrogen) atoms. The first-order chi connectivity index (χ1) is 11.8. The molecule has 1 N–H and O–H groups in total. The molecule has 3 heterocycles. The van der Waals surface area contributed by atoms with Crippen molar-refractivity contribution in [3.8, 4) is 11.5 Å². The predicted molar refractivity (Wildman–Crippen MR) is 74.9 cm³/mol. The van der Waals surface area contributed by atoms with Gasteiger partial charge < -0.3 is 14.4 Å². The molecule has 0 aliphatic carbocycles. The fraction of sp³-hybridized carbons (Fsp3) is 0.214. The highest BCUT2D eigenvalue weighted by atomic mass is 19.4. The average molecular weight is 353 g/mol. The van der Waals surface area contributed by atoms with Crippen molar-refractivity contribution in [1.29, 1.82) is 0 Å². The van der Waals surface area contributed by atoms with Gasteiger partial charge in [-0.25, -0.2) is 0 Å². The third kappa shape index (κ3) is 3.82. The summed E-state index contributed by atoms with van der Waals surface area (Å²) in [6.07, 6.45) is -3.72. The number of nitrogens with one attached hydrogen (secondary N) is 1. The number of carbonyl (C=O) groups excluding carboxylic acids is 1. The number of aryl methyl sites for hydroxylation is 1. The first-order valence-electron chi connectivity index (χ1n) is 6.90. The summed E-state index contributed by atoms with van der Waals surface area (Å²) >= 11 is 0. The molecule has 130 valence electrons. The molecule has 8 nitrogen and oxygen atoms in total. The molecule has 3 aromatic rings. The maximum absolute atomic E-state index is 12.4. The lowest BCUT2D eigenvalue weighted by Gasteiger charge is -2.06. The molecule has 11 heteroatoms. The van der Waals surface area contributed by atoms with E-state index in [2.05, 4.69) is 25.6 Å². The third-order valence-corrected chi connectivity index (χ3v) is 3.04. The van der Waals surface area contributed by atoms with Crippen LogP contribution < -0.4 is 5.32 Å². The fourth-order valence-corrected chi connectivity index (χ4v) is 1.86. The molecule has 0 bridgehead atoms. The van der Waals surface area contributed by atoms with Gasteiger partial charge in [-0.15, -0.1) is 0 Å². The zero-order chi connectivity index (χ0) is 18.0. The minimum Gasteiger partial charge on any atom is -0.361 e. The molecule has 0 aromatic carbocycles. The summed E-state index contributed by atoms with van der Waals surface area (Å²) in [6.45, 7) is 1.60. The molecule has 0 atom stereocenters. The SMILES string of the molecule is Cc1cc(-c2noc(CNC(=O)c3ccc(C(F)(F)F)nc3)n2)no1. The van der Waals surface area contributed by atoms with Gasteiger partial charge in [-0.05, 0) is 19.1 Å². The number of rotatable bonds is 4. The Bertz CT molecular complexity index is 886. The van der Waals surface area contributed by atoms with E-state index in [4.69, 9.17) is 9.05 Å². The van der Waals surface area contributed by atoms with Crippen LogP contribution in [0.3, 0.4) is 0 Å². The molecule has 0 saturated heterocycles. The smallest absolute Gasteiger partial charge is 0.361 e. The Kier molecular flexibility index (Phi) is 4.21. The van der Waals surface area contributed by atoms with Crippen LogP contribution in [0.25, 0.3) is 11.5 Å². The zero-order valence-electron chi connectivity index (χ0n) is 12.7. The van der Waals surface area contributed by atoms with Crippen LogP contribution in [0.2, 0.25) is 0 Å². The van der Waals surface area contributed by atoms with Crippen molar-refractivity contribution >= 4 is 5.91 Å². The molecule has 0 fully saturated rings. The van der Waals surface area contributed by atoms with E-state index in [1.165, 1.54) is 0 Å². The van der Waals surface area contributed by atoms with Gasteiger partial charge in [0.1, 0.15) is 11.5 Å². The normalized spacial score (nSPS) is 11.5. The van der Waals surface area contributed by atoms with Gasteiger partial charge in [0.05, 0.1) is 12.1 Å². The molecule has 3 aromatic heterocycles.